The van der Waals surface area contributed by atoms with E-state index in [0.717, 1.165) is 18.4 Å². The standard InChI is InChI=1S/C17H17ClN4O2/c18-13-6-8-15(20-9-13)22-16(23)12-4-1-11(2-5-12)3-7-14-10-24-17(19)21-14/h1-2,4-6,8-9,14H,3,7,10H2,(H2,19,21)(H,20,22,23)/t14-/m0/s1. The molecule has 1 atom stereocenters. The first-order valence-corrected chi connectivity index (χ1v) is 7.96. The summed E-state index contributed by atoms with van der Waals surface area (Å²) in [6.45, 7) is 0.542. The molecule has 124 valence electrons. The lowest BCUT2D eigenvalue weighted by Crippen LogP contribution is -2.13. The first-order valence-electron chi connectivity index (χ1n) is 7.58. The number of anilines is 1. The molecule has 1 aromatic heterocycles. The highest BCUT2D eigenvalue weighted by molar-refractivity contribution is 6.30. The van der Waals surface area contributed by atoms with Crippen molar-refractivity contribution in [2.45, 2.75) is 18.9 Å². The van der Waals surface area contributed by atoms with Crippen LogP contribution in [0, 0.1) is 0 Å². The quantitative estimate of drug-likeness (QED) is 0.872. The normalized spacial score (nSPS) is 16.4. The van der Waals surface area contributed by atoms with Crippen LogP contribution in [0.5, 0.6) is 0 Å². The van der Waals surface area contributed by atoms with Crippen LogP contribution in [0.15, 0.2) is 47.6 Å². The van der Waals surface area contributed by atoms with Crippen molar-refractivity contribution in [2.24, 2.45) is 10.7 Å². The summed E-state index contributed by atoms with van der Waals surface area (Å²) >= 11 is 5.77. The molecule has 2 heterocycles. The number of pyridine rings is 1. The second-order valence-electron chi connectivity index (χ2n) is 5.48. The molecule has 1 aromatic carbocycles. The molecule has 0 bridgehead atoms. The van der Waals surface area contributed by atoms with Gasteiger partial charge in [0.25, 0.3) is 11.9 Å². The van der Waals surface area contributed by atoms with Gasteiger partial charge in [0.05, 0.1) is 11.1 Å². The number of amides is 1. The van der Waals surface area contributed by atoms with E-state index in [1.54, 1.807) is 24.3 Å². The third-order valence-corrected chi connectivity index (χ3v) is 3.91. The molecule has 0 spiro atoms. The van der Waals surface area contributed by atoms with Gasteiger partial charge in [-0.1, -0.05) is 23.7 Å². The summed E-state index contributed by atoms with van der Waals surface area (Å²) in [5.74, 6) is 0.253. The molecule has 0 saturated carbocycles. The number of benzene rings is 1. The SMILES string of the molecule is NC1=N[C@@H](CCc2ccc(C(=O)Nc3ccc(Cl)cn3)cc2)CO1. The number of carbonyl (C=O) groups excluding carboxylic acids is 1. The summed E-state index contributed by atoms with van der Waals surface area (Å²) in [5.41, 5.74) is 7.20. The van der Waals surface area contributed by atoms with Gasteiger partial charge in [0, 0.05) is 11.8 Å². The Kier molecular flexibility index (Phi) is 4.96. The van der Waals surface area contributed by atoms with Crippen LogP contribution < -0.4 is 11.1 Å². The van der Waals surface area contributed by atoms with Crippen LogP contribution in [0.4, 0.5) is 5.82 Å². The number of aryl methyl sites for hydroxylation is 1. The van der Waals surface area contributed by atoms with E-state index < -0.39 is 0 Å². The van der Waals surface area contributed by atoms with E-state index in [1.807, 2.05) is 12.1 Å². The van der Waals surface area contributed by atoms with Crippen molar-refractivity contribution in [3.63, 3.8) is 0 Å². The lowest BCUT2D eigenvalue weighted by atomic mass is 10.0. The molecule has 3 N–H and O–H groups in total. The zero-order chi connectivity index (χ0) is 16.9. The van der Waals surface area contributed by atoms with E-state index in [4.69, 9.17) is 22.1 Å². The Morgan fingerprint density at radius 1 is 1.29 bits per heavy atom. The molecule has 1 amide bonds. The highest BCUT2D eigenvalue weighted by Crippen LogP contribution is 2.14. The number of nitrogens with two attached hydrogens (primary N) is 1. The van der Waals surface area contributed by atoms with Gasteiger partial charge in [0.1, 0.15) is 12.4 Å². The van der Waals surface area contributed by atoms with Gasteiger partial charge in [-0.15, -0.1) is 0 Å². The van der Waals surface area contributed by atoms with Crippen LogP contribution in [-0.2, 0) is 11.2 Å². The summed E-state index contributed by atoms with van der Waals surface area (Å²) in [5, 5.41) is 3.25. The van der Waals surface area contributed by atoms with Gasteiger partial charge in [-0.25, -0.2) is 9.98 Å². The minimum atomic E-state index is -0.210. The predicted octanol–water partition coefficient (Wildman–Crippen LogP) is 2.63. The van der Waals surface area contributed by atoms with E-state index in [-0.39, 0.29) is 18.0 Å². The fourth-order valence-corrected chi connectivity index (χ4v) is 2.49. The minimum absolute atomic E-state index is 0.115. The predicted molar refractivity (Wildman–Crippen MR) is 93.3 cm³/mol. The molecule has 0 radical (unpaired) electrons. The van der Waals surface area contributed by atoms with E-state index in [2.05, 4.69) is 15.3 Å². The van der Waals surface area contributed by atoms with E-state index >= 15 is 0 Å². The second-order valence-corrected chi connectivity index (χ2v) is 5.92. The fraction of sp³-hybridized carbons (Fsp3) is 0.235. The summed E-state index contributed by atoms with van der Waals surface area (Å²) in [7, 11) is 0. The molecule has 2 aromatic rings. The Balaban J connectivity index is 1.55. The van der Waals surface area contributed by atoms with E-state index in [1.165, 1.54) is 6.20 Å². The van der Waals surface area contributed by atoms with E-state index in [0.29, 0.717) is 23.0 Å². The van der Waals surface area contributed by atoms with Crippen LogP contribution in [0.25, 0.3) is 0 Å². The number of amidine groups is 1. The van der Waals surface area contributed by atoms with Gasteiger partial charge in [-0.3, -0.25) is 4.79 Å². The zero-order valence-electron chi connectivity index (χ0n) is 12.9. The van der Waals surface area contributed by atoms with Crippen molar-refractivity contribution >= 4 is 29.3 Å². The number of carbonyl (C=O) groups is 1. The number of nitrogens with one attached hydrogen (secondary N) is 1. The molecule has 0 unspecified atom stereocenters. The number of hydrogen-bond acceptors (Lipinski definition) is 5. The van der Waals surface area contributed by atoms with Crippen molar-refractivity contribution in [1.29, 1.82) is 0 Å². The second kappa shape index (κ2) is 7.31. The molecule has 1 aliphatic heterocycles. The minimum Gasteiger partial charge on any atom is -0.463 e. The molecular formula is C17H17ClN4O2. The van der Waals surface area contributed by atoms with Crippen LogP contribution in [0.2, 0.25) is 5.02 Å². The Morgan fingerprint density at radius 2 is 2.08 bits per heavy atom. The average Bonchev–Trinajstić information content (AvgIpc) is 3.01. The van der Waals surface area contributed by atoms with Gasteiger partial charge in [0.2, 0.25) is 0 Å². The van der Waals surface area contributed by atoms with Crippen molar-refractivity contribution in [3.05, 3.63) is 58.7 Å². The maximum absolute atomic E-state index is 12.2. The number of nitrogens with zero attached hydrogens (tertiary/aromatic N) is 2. The summed E-state index contributed by atoms with van der Waals surface area (Å²) in [6, 6.07) is 11.2. The summed E-state index contributed by atoms with van der Waals surface area (Å²) in [6.07, 6.45) is 3.20. The van der Waals surface area contributed by atoms with Crippen molar-refractivity contribution in [1.82, 2.24) is 4.98 Å². The Labute approximate surface area is 144 Å². The van der Waals surface area contributed by atoms with Gasteiger partial charge in [0.15, 0.2) is 0 Å². The van der Waals surface area contributed by atoms with Crippen LogP contribution >= 0.6 is 11.6 Å². The van der Waals surface area contributed by atoms with Crippen LogP contribution in [-0.4, -0.2) is 29.6 Å². The topological polar surface area (TPSA) is 89.6 Å². The highest BCUT2D eigenvalue weighted by Gasteiger charge is 2.16. The molecule has 6 nitrogen and oxygen atoms in total. The van der Waals surface area contributed by atoms with Gasteiger partial charge >= 0.3 is 0 Å². The number of rotatable bonds is 5. The maximum Gasteiger partial charge on any atom is 0.282 e. The van der Waals surface area contributed by atoms with Gasteiger partial charge in [-0.2, -0.15) is 0 Å². The average molecular weight is 345 g/mol. The zero-order valence-corrected chi connectivity index (χ0v) is 13.7. The Bertz CT molecular complexity index is 744. The monoisotopic (exact) mass is 344 g/mol. The molecule has 0 fully saturated rings. The van der Waals surface area contributed by atoms with Crippen LogP contribution in [0.3, 0.4) is 0 Å². The van der Waals surface area contributed by atoms with Crippen molar-refractivity contribution < 1.29 is 9.53 Å². The van der Waals surface area contributed by atoms with Crippen molar-refractivity contribution in [2.75, 3.05) is 11.9 Å². The largest absolute Gasteiger partial charge is 0.463 e. The first kappa shape index (κ1) is 16.3. The van der Waals surface area contributed by atoms with Gasteiger partial charge in [-0.05, 0) is 42.7 Å². The van der Waals surface area contributed by atoms with Gasteiger partial charge < -0.3 is 15.8 Å². The molecule has 24 heavy (non-hydrogen) atoms. The third-order valence-electron chi connectivity index (χ3n) is 3.68. The molecule has 7 heteroatoms. The maximum atomic E-state index is 12.2. The lowest BCUT2D eigenvalue weighted by Gasteiger charge is -2.07. The number of ether oxygens (including phenoxy) is 1. The summed E-state index contributed by atoms with van der Waals surface area (Å²) < 4.78 is 5.13. The molecule has 0 saturated heterocycles. The highest BCUT2D eigenvalue weighted by atomic mass is 35.5. The summed E-state index contributed by atoms with van der Waals surface area (Å²) in [4.78, 5) is 20.4. The lowest BCUT2D eigenvalue weighted by molar-refractivity contribution is 0.102. The number of aliphatic imine (C=N–C) groups is 1. The number of aromatic nitrogens is 1. The Morgan fingerprint density at radius 3 is 2.71 bits per heavy atom. The third kappa shape index (κ3) is 4.23. The number of halogens is 1. The fourth-order valence-electron chi connectivity index (χ4n) is 2.38. The van der Waals surface area contributed by atoms with Crippen molar-refractivity contribution in [3.8, 4) is 0 Å². The van der Waals surface area contributed by atoms with E-state index in [9.17, 15) is 4.79 Å². The molecule has 3 rings (SSSR count). The number of hydrogen-bond donors (Lipinski definition) is 2. The van der Waals surface area contributed by atoms with Crippen LogP contribution in [0.1, 0.15) is 22.3 Å². The smallest absolute Gasteiger partial charge is 0.282 e. The molecular weight excluding hydrogens is 328 g/mol. The Hall–Kier alpha value is -2.60. The first-order chi connectivity index (χ1) is 11.6. The molecule has 0 aliphatic carbocycles. The molecule has 1 aliphatic rings.